The Hall–Kier alpha value is -1.71. The normalized spacial score (nSPS) is 21.6. The van der Waals surface area contributed by atoms with Crippen molar-refractivity contribution in [1.29, 1.82) is 0 Å². The fraction of sp³-hybridized carbons (Fsp3) is 0.467. The summed E-state index contributed by atoms with van der Waals surface area (Å²) in [7, 11) is 0. The lowest BCUT2D eigenvalue weighted by Gasteiger charge is -2.32. The first-order valence-corrected chi connectivity index (χ1v) is 8.33. The zero-order valence-corrected chi connectivity index (χ0v) is 13.4. The molecule has 1 aliphatic rings. The first-order valence-electron chi connectivity index (χ1n) is 7.38. The SMILES string of the molecule is FC(F)(F)c1ccc(N[C@@H]2COCC[C@@H]2OCc2cscn2)nc1. The average molecular weight is 359 g/mol. The van der Waals surface area contributed by atoms with Gasteiger partial charge in [0, 0.05) is 18.2 Å². The Kier molecular flexibility index (Phi) is 5.32. The molecule has 0 radical (unpaired) electrons. The van der Waals surface area contributed by atoms with E-state index in [2.05, 4.69) is 15.3 Å². The smallest absolute Gasteiger partial charge is 0.379 e. The highest BCUT2D eigenvalue weighted by molar-refractivity contribution is 7.07. The lowest BCUT2D eigenvalue weighted by Crippen LogP contribution is -2.44. The molecular weight excluding hydrogens is 343 g/mol. The molecule has 0 saturated carbocycles. The molecule has 130 valence electrons. The van der Waals surface area contributed by atoms with E-state index < -0.39 is 11.7 Å². The summed E-state index contributed by atoms with van der Waals surface area (Å²) in [6.45, 7) is 1.39. The largest absolute Gasteiger partial charge is 0.417 e. The van der Waals surface area contributed by atoms with Gasteiger partial charge in [0.1, 0.15) is 5.82 Å². The van der Waals surface area contributed by atoms with Crippen molar-refractivity contribution >= 4 is 17.2 Å². The Morgan fingerprint density at radius 3 is 2.88 bits per heavy atom. The van der Waals surface area contributed by atoms with E-state index in [1.807, 2.05) is 5.38 Å². The van der Waals surface area contributed by atoms with Crippen LogP contribution >= 0.6 is 11.3 Å². The highest BCUT2D eigenvalue weighted by atomic mass is 32.1. The molecular formula is C15H16F3N3O2S. The van der Waals surface area contributed by atoms with E-state index in [0.29, 0.717) is 32.1 Å². The van der Waals surface area contributed by atoms with Crippen LogP contribution in [0.1, 0.15) is 17.7 Å². The third-order valence-corrected chi connectivity index (χ3v) is 4.28. The summed E-state index contributed by atoms with van der Waals surface area (Å²) >= 11 is 1.50. The number of hydrogen-bond donors (Lipinski definition) is 1. The molecule has 2 atom stereocenters. The van der Waals surface area contributed by atoms with E-state index in [9.17, 15) is 13.2 Å². The summed E-state index contributed by atoms with van der Waals surface area (Å²) in [5.41, 5.74) is 1.83. The fourth-order valence-electron chi connectivity index (χ4n) is 2.39. The summed E-state index contributed by atoms with van der Waals surface area (Å²) in [5, 5.41) is 5.01. The maximum absolute atomic E-state index is 12.6. The second kappa shape index (κ2) is 7.45. The maximum atomic E-state index is 12.6. The van der Waals surface area contributed by atoms with Crippen LogP contribution in [0, 0.1) is 0 Å². The fourth-order valence-corrected chi connectivity index (χ4v) is 2.93. The van der Waals surface area contributed by atoms with Gasteiger partial charge in [-0.1, -0.05) is 0 Å². The topological polar surface area (TPSA) is 56.3 Å². The van der Waals surface area contributed by atoms with Gasteiger partial charge in [-0.05, 0) is 18.6 Å². The van der Waals surface area contributed by atoms with Gasteiger partial charge in [-0.15, -0.1) is 11.3 Å². The first kappa shape index (κ1) is 17.1. The lowest BCUT2D eigenvalue weighted by molar-refractivity contribution is -0.137. The molecule has 24 heavy (non-hydrogen) atoms. The van der Waals surface area contributed by atoms with Crippen molar-refractivity contribution < 1.29 is 22.6 Å². The number of pyridine rings is 1. The summed E-state index contributed by atoms with van der Waals surface area (Å²) in [5.74, 6) is 0.362. The number of ether oxygens (including phenoxy) is 2. The van der Waals surface area contributed by atoms with Crippen molar-refractivity contribution in [1.82, 2.24) is 9.97 Å². The highest BCUT2D eigenvalue weighted by Gasteiger charge is 2.31. The lowest BCUT2D eigenvalue weighted by atomic mass is 10.1. The molecule has 1 aliphatic heterocycles. The molecule has 1 N–H and O–H groups in total. The summed E-state index contributed by atoms with van der Waals surface area (Å²) in [4.78, 5) is 8.00. The standard InChI is InChI=1S/C15H16F3N3O2S/c16-15(17,18)10-1-2-14(19-5-10)21-12-7-22-4-3-13(12)23-6-11-8-24-9-20-11/h1-2,5,8-9,12-13H,3-4,6-7H2,(H,19,21)/t12-,13+/m1/s1. The number of hydrogen-bond acceptors (Lipinski definition) is 6. The molecule has 0 aromatic carbocycles. The van der Waals surface area contributed by atoms with Crippen LogP contribution in [0.4, 0.5) is 19.0 Å². The monoisotopic (exact) mass is 359 g/mol. The molecule has 0 unspecified atom stereocenters. The number of nitrogens with zero attached hydrogens (tertiary/aromatic N) is 2. The van der Waals surface area contributed by atoms with E-state index in [0.717, 1.165) is 18.0 Å². The Bertz CT molecular complexity index is 634. The van der Waals surface area contributed by atoms with Gasteiger partial charge in [0.2, 0.25) is 0 Å². The number of halogens is 3. The number of nitrogens with one attached hydrogen (secondary N) is 1. The molecule has 1 fully saturated rings. The minimum atomic E-state index is -4.39. The number of alkyl halides is 3. The predicted octanol–water partition coefficient (Wildman–Crippen LogP) is 3.34. The van der Waals surface area contributed by atoms with Gasteiger partial charge < -0.3 is 14.8 Å². The van der Waals surface area contributed by atoms with E-state index in [-0.39, 0.29) is 12.1 Å². The Morgan fingerprint density at radius 2 is 2.21 bits per heavy atom. The molecule has 5 nitrogen and oxygen atoms in total. The van der Waals surface area contributed by atoms with Crippen molar-refractivity contribution in [3.8, 4) is 0 Å². The summed E-state index contributed by atoms with van der Waals surface area (Å²) in [6.07, 6.45) is -3.00. The van der Waals surface area contributed by atoms with Gasteiger partial charge in [0.05, 0.1) is 42.1 Å². The zero-order valence-electron chi connectivity index (χ0n) is 12.6. The molecule has 3 rings (SSSR count). The second-order valence-corrected chi connectivity index (χ2v) is 6.09. The van der Waals surface area contributed by atoms with Crippen molar-refractivity contribution in [3.63, 3.8) is 0 Å². The Morgan fingerprint density at radius 1 is 1.33 bits per heavy atom. The number of aromatic nitrogens is 2. The molecule has 0 aliphatic carbocycles. The molecule has 2 aromatic rings. The second-order valence-electron chi connectivity index (χ2n) is 5.37. The van der Waals surface area contributed by atoms with Crippen LogP contribution in [0.3, 0.4) is 0 Å². The number of rotatable bonds is 5. The van der Waals surface area contributed by atoms with Gasteiger partial charge >= 0.3 is 6.18 Å². The van der Waals surface area contributed by atoms with Gasteiger partial charge in [0.25, 0.3) is 0 Å². The maximum Gasteiger partial charge on any atom is 0.417 e. The highest BCUT2D eigenvalue weighted by Crippen LogP contribution is 2.29. The molecule has 0 bridgehead atoms. The zero-order chi connectivity index (χ0) is 17.0. The van der Waals surface area contributed by atoms with Crippen LogP contribution in [0.25, 0.3) is 0 Å². The Labute approximate surface area is 140 Å². The first-order chi connectivity index (χ1) is 11.5. The molecule has 2 aromatic heterocycles. The predicted molar refractivity (Wildman–Crippen MR) is 82.8 cm³/mol. The number of thiazole rings is 1. The van der Waals surface area contributed by atoms with Crippen molar-refractivity contribution in [2.75, 3.05) is 18.5 Å². The molecule has 1 saturated heterocycles. The minimum absolute atomic E-state index is 0.121. The summed E-state index contributed by atoms with van der Waals surface area (Å²) < 4.78 is 49.0. The third kappa shape index (κ3) is 4.43. The summed E-state index contributed by atoms with van der Waals surface area (Å²) in [6, 6.07) is 2.14. The van der Waals surface area contributed by atoms with Crippen LogP contribution in [0.15, 0.2) is 29.2 Å². The van der Waals surface area contributed by atoms with Crippen LogP contribution < -0.4 is 5.32 Å². The van der Waals surface area contributed by atoms with Crippen molar-refractivity contribution in [3.05, 3.63) is 40.5 Å². The van der Waals surface area contributed by atoms with Crippen molar-refractivity contribution in [2.45, 2.75) is 31.3 Å². The molecule has 0 spiro atoms. The molecule has 3 heterocycles. The van der Waals surface area contributed by atoms with Gasteiger partial charge in [0.15, 0.2) is 0 Å². The van der Waals surface area contributed by atoms with Crippen LogP contribution in [0.5, 0.6) is 0 Å². The van der Waals surface area contributed by atoms with Gasteiger partial charge in [-0.2, -0.15) is 13.2 Å². The van der Waals surface area contributed by atoms with E-state index in [1.54, 1.807) is 5.51 Å². The average Bonchev–Trinajstić information content (AvgIpc) is 3.07. The quantitative estimate of drug-likeness (QED) is 0.887. The van der Waals surface area contributed by atoms with Gasteiger partial charge in [-0.3, -0.25) is 0 Å². The number of anilines is 1. The third-order valence-electron chi connectivity index (χ3n) is 3.65. The van der Waals surface area contributed by atoms with E-state index in [4.69, 9.17) is 9.47 Å². The minimum Gasteiger partial charge on any atom is -0.379 e. The molecule has 9 heteroatoms. The Balaban J connectivity index is 1.60. The van der Waals surface area contributed by atoms with E-state index in [1.165, 1.54) is 17.4 Å². The van der Waals surface area contributed by atoms with Crippen LogP contribution in [-0.2, 0) is 22.3 Å². The van der Waals surface area contributed by atoms with Gasteiger partial charge in [-0.25, -0.2) is 9.97 Å². The van der Waals surface area contributed by atoms with Crippen LogP contribution in [0.2, 0.25) is 0 Å². The van der Waals surface area contributed by atoms with E-state index >= 15 is 0 Å². The molecule has 0 amide bonds. The van der Waals surface area contributed by atoms with Crippen LogP contribution in [-0.4, -0.2) is 35.3 Å². The van der Waals surface area contributed by atoms with Crippen molar-refractivity contribution in [2.24, 2.45) is 0 Å².